The number of hydrogen-bond donors (Lipinski definition) is 2. The molecule has 2 atom stereocenters. The number of rotatable bonds is 4. The fourth-order valence-electron chi connectivity index (χ4n) is 3.17. The smallest absolute Gasteiger partial charge is 0.223 e. The minimum absolute atomic E-state index is 0.0452. The molecule has 1 saturated carbocycles. The first-order chi connectivity index (χ1) is 9.78. The van der Waals surface area contributed by atoms with Crippen LogP contribution >= 0.6 is 0 Å². The van der Waals surface area contributed by atoms with Crippen molar-refractivity contribution in [2.75, 3.05) is 0 Å². The van der Waals surface area contributed by atoms with E-state index in [-0.39, 0.29) is 23.2 Å². The third-order valence-electron chi connectivity index (χ3n) is 5.04. The Morgan fingerprint density at radius 3 is 2.71 bits per heavy atom. The number of aryl methyl sites for hydroxylation is 1. The standard InChI is InChI=1S/C15H24N4O2/c1-9(18-21)12-6-13(15(12,3)4)14(20)16-7-11-8-17-19(5)10(11)2/h8,12-13,21H,6-7H2,1-5H3,(H,16,20)/b18-9+. The molecule has 6 nitrogen and oxygen atoms in total. The molecule has 0 spiro atoms. The number of aromatic nitrogens is 2. The Hall–Kier alpha value is -1.85. The van der Waals surface area contributed by atoms with Gasteiger partial charge in [-0.3, -0.25) is 9.48 Å². The van der Waals surface area contributed by atoms with Crippen LogP contribution < -0.4 is 5.32 Å². The number of carbonyl (C=O) groups is 1. The first-order valence-electron chi connectivity index (χ1n) is 7.22. The van der Waals surface area contributed by atoms with Gasteiger partial charge in [0.15, 0.2) is 0 Å². The van der Waals surface area contributed by atoms with Gasteiger partial charge < -0.3 is 10.5 Å². The van der Waals surface area contributed by atoms with Crippen LogP contribution in [0.3, 0.4) is 0 Å². The van der Waals surface area contributed by atoms with E-state index in [9.17, 15) is 4.79 Å². The lowest BCUT2D eigenvalue weighted by Gasteiger charge is -2.50. The third kappa shape index (κ3) is 2.66. The molecule has 0 aliphatic heterocycles. The predicted molar refractivity (Wildman–Crippen MR) is 80.1 cm³/mol. The Kier molecular flexibility index (Phi) is 4.07. The fourth-order valence-corrected chi connectivity index (χ4v) is 3.17. The van der Waals surface area contributed by atoms with E-state index in [0.29, 0.717) is 12.3 Å². The number of hydrogen-bond acceptors (Lipinski definition) is 4. The summed E-state index contributed by atoms with van der Waals surface area (Å²) in [7, 11) is 1.89. The molecule has 1 aliphatic rings. The largest absolute Gasteiger partial charge is 0.411 e. The zero-order valence-electron chi connectivity index (χ0n) is 13.3. The zero-order chi connectivity index (χ0) is 15.8. The summed E-state index contributed by atoms with van der Waals surface area (Å²) in [5.41, 5.74) is 2.62. The van der Waals surface area contributed by atoms with Gasteiger partial charge in [0, 0.05) is 36.7 Å². The van der Waals surface area contributed by atoms with Crippen LogP contribution in [0.5, 0.6) is 0 Å². The number of carbonyl (C=O) groups excluding carboxylic acids is 1. The summed E-state index contributed by atoms with van der Waals surface area (Å²) in [4.78, 5) is 12.3. The van der Waals surface area contributed by atoms with Gasteiger partial charge in [-0.2, -0.15) is 5.10 Å². The molecule has 21 heavy (non-hydrogen) atoms. The quantitative estimate of drug-likeness (QED) is 0.505. The first-order valence-corrected chi connectivity index (χ1v) is 7.22. The highest BCUT2D eigenvalue weighted by molar-refractivity contribution is 5.90. The molecule has 1 aromatic heterocycles. The average molecular weight is 292 g/mol. The molecule has 2 unspecified atom stereocenters. The van der Waals surface area contributed by atoms with Crippen molar-refractivity contribution >= 4 is 11.6 Å². The topological polar surface area (TPSA) is 79.5 Å². The van der Waals surface area contributed by atoms with Crippen molar-refractivity contribution in [2.45, 2.75) is 40.7 Å². The van der Waals surface area contributed by atoms with Crippen LogP contribution in [0.1, 0.15) is 38.4 Å². The molecule has 1 amide bonds. The van der Waals surface area contributed by atoms with Gasteiger partial charge in [0.25, 0.3) is 0 Å². The molecule has 0 saturated heterocycles. The van der Waals surface area contributed by atoms with E-state index in [4.69, 9.17) is 5.21 Å². The molecule has 2 rings (SSSR count). The Labute approximate surface area is 125 Å². The summed E-state index contributed by atoms with van der Waals surface area (Å²) in [6.07, 6.45) is 2.52. The lowest BCUT2D eigenvalue weighted by molar-refractivity contribution is -0.137. The first kappa shape index (κ1) is 15.5. The van der Waals surface area contributed by atoms with Gasteiger partial charge in [-0.25, -0.2) is 0 Å². The number of oxime groups is 1. The Morgan fingerprint density at radius 1 is 1.57 bits per heavy atom. The van der Waals surface area contributed by atoms with Gasteiger partial charge in [0.2, 0.25) is 5.91 Å². The molecular formula is C15H24N4O2. The molecule has 1 heterocycles. The van der Waals surface area contributed by atoms with Crippen LogP contribution in [-0.2, 0) is 18.4 Å². The highest BCUT2D eigenvalue weighted by atomic mass is 16.4. The van der Waals surface area contributed by atoms with Gasteiger partial charge in [-0.05, 0) is 25.7 Å². The summed E-state index contributed by atoms with van der Waals surface area (Å²) < 4.78 is 1.80. The Morgan fingerprint density at radius 2 is 2.24 bits per heavy atom. The average Bonchev–Trinajstić information content (AvgIpc) is 2.75. The van der Waals surface area contributed by atoms with Crippen LogP contribution in [0.25, 0.3) is 0 Å². The molecular weight excluding hydrogens is 268 g/mol. The normalized spacial score (nSPS) is 24.5. The summed E-state index contributed by atoms with van der Waals surface area (Å²) in [6.45, 7) is 8.39. The molecule has 1 fully saturated rings. The minimum Gasteiger partial charge on any atom is -0.411 e. The van der Waals surface area contributed by atoms with E-state index in [1.165, 1.54) is 0 Å². The molecule has 2 N–H and O–H groups in total. The monoisotopic (exact) mass is 292 g/mol. The summed E-state index contributed by atoms with van der Waals surface area (Å²) >= 11 is 0. The van der Waals surface area contributed by atoms with E-state index in [1.54, 1.807) is 17.8 Å². The molecule has 116 valence electrons. The molecule has 1 aliphatic carbocycles. The van der Waals surface area contributed by atoms with Crippen molar-refractivity contribution in [1.82, 2.24) is 15.1 Å². The van der Waals surface area contributed by atoms with Gasteiger partial charge in [-0.15, -0.1) is 0 Å². The van der Waals surface area contributed by atoms with Gasteiger partial charge >= 0.3 is 0 Å². The van der Waals surface area contributed by atoms with Gasteiger partial charge in [-0.1, -0.05) is 19.0 Å². The highest BCUT2D eigenvalue weighted by Gasteiger charge is 2.52. The summed E-state index contributed by atoms with van der Waals surface area (Å²) in [5.74, 6) is 0.180. The van der Waals surface area contributed by atoms with Crippen molar-refractivity contribution in [1.29, 1.82) is 0 Å². The molecule has 0 radical (unpaired) electrons. The van der Waals surface area contributed by atoms with Crippen LogP contribution in [0.15, 0.2) is 11.4 Å². The van der Waals surface area contributed by atoms with Crippen LogP contribution in [-0.4, -0.2) is 26.6 Å². The highest BCUT2D eigenvalue weighted by Crippen LogP contribution is 2.51. The Balaban J connectivity index is 1.95. The van der Waals surface area contributed by atoms with E-state index in [2.05, 4.69) is 29.4 Å². The van der Waals surface area contributed by atoms with Crippen LogP contribution in [0.2, 0.25) is 0 Å². The van der Waals surface area contributed by atoms with E-state index in [1.807, 2.05) is 14.0 Å². The SMILES string of the molecule is C/C(=N\O)C1CC(C(=O)NCc2cnn(C)c2C)C1(C)C. The number of nitrogens with one attached hydrogen (secondary N) is 1. The van der Waals surface area contributed by atoms with Crippen LogP contribution in [0.4, 0.5) is 0 Å². The second-order valence-corrected chi connectivity index (χ2v) is 6.50. The third-order valence-corrected chi connectivity index (χ3v) is 5.04. The van der Waals surface area contributed by atoms with Crippen LogP contribution in [0, 0.1) is 24.2 Å². The van der Waals surface area contributed by atoms with Crippen molar-refractivity contribution in [3.8, 4) is 0 Å². The molecule has 0 aromatic carbocycles. The van der Waals surface area contributed by atoms with Gasteiger partial charge in [0.05, 0.1) is 11.9 Å². The van der Waals surface area contributed by atoms with Crippen molar-refractivity contribution in [2.24, 2.45) is 29.5 Å². The Bertz CT molecular complexity index is 574. The summed E-state index contributed by atoms with van der Waals surface area (Å²) in [6, 6.07) is 0. The minimum atomic E-state index is -0.176. The number of nitrogens with zero attached hydrogens (tertiary/aromatic N) is 3. The van der Waals surface area contributed by atoms with Crippen molar-refractivity contribution in [3.63, 3.8) is 0 Å². The fraction of sp³-hybridized carbons (Fsp3) is 0.667. The van der Waals surface area contributed by atoms with E-state index >= 15 is 0 Å². The molecule has 1 aromatic rings. The predicted octanol–water partition coefficient (Wildman–Crippen LogP) is 1.86. The molecule has 0 bridgehead atoms. The lowest BCUT2D eigenvalue weighted by Crippen LogP contribution is -2.54. The zero-order valence-corrected chi connectivity index (χ0v) is 13.3. The van der Waals surface area contributed by atoms with Crippen molar-refractivity contribution < 1.29 is 10.0 Å². The lowest BCUT2D eigenvalue weighted by atomic mass is 9.53. The second kappa shape index (κ2) is 5.50. The summed E-state index contributed by atoms with van der Waals surface area (Å²) in [5, 5.41) is 19.3. The second-order valence-electron chi connectivity index (χ2n) is 6.50. The van der Waals surface area contributed by atoms with E-state index in [0.717, 1.165) is 17.7 Å². The maximum atomic E-state index is 12.3. The maximum Gasteiger partial charge on any atom is 0.223 e. The van der Waals surface area contributed by atoms with Crippen molar-refractivity contribution in [3.05, 3.63) is 17.5 Å². The van der Waals surface area contributed by atoms with E-state index < -0.39 is 0 Å². The molecule has 6 heteroatoms. The maximum absolute atomic E-state index is 12.3. The van der Waals surface area contributed by atoms with Gasteiger partial charge in [0.1, 0.15) is 0 Å². The number of amides is 1.